The highest BCUT2D eigenvalue weighted by atomic mass is 32.1. The molecule has 162 valence electrons. The van der Waals surface area contributed by atoms with Crippen LogP contribution in [-0.2, 0) is 22.4 Å². The van der Waals surface area contributed by atoms with Crippen molar-refractivity contribution in [3.8, 4) is 5.75 Å². The summed E-state index contributed by atoms with van der Waals surface area (Å²) in [5.74, 6) is 1.02. The molecule has 0 aliphatic heterocycles. The minimum atomic E-state index is -0.335. The molecule has 3 rings (SSSR count). The second kappa shape index (κ2) is 10.1. The van der Waals surface area contributed by atoms with Crippen molar-refractivity contribution in [1.82, 2.24) is 0 Å². The number of amides is 1. The Bertz CT molecular complexity index is 918. The third-order valence-electron chi connectivity index (χ3n) is 5.39. The predicted octanol–water partition coefficient (Wildman–Crippen LogP) is 5.46. The summed E-state index contributed by atoms with van der Waals surface area (Å²) in [6, 6.07) is 6.10. The molecule has 1 atom stereocenters. The van der Waals surface area contributed by atoms with Crippen LogP contribution in [0, 0.1) is 19.8 Å². The lowest BCUT2D eigenvalue weighted by atomic mass is 9.88. The number of benzene rings is 1. The first-order valence-corrected chi connectivity index (χ1v) is 11.5. The number of anilines is 1. The number of nitrogens with one attached hydrogen (secondary N) is 1. The van der Waals surface area contributed by atoms with E-state index in [4.69, 9.17) is 9.47 Å². The molecule has 5 nitrogen and oxygen atoms in total. The number of hydrogen-bond donors (Lipinski definition) is 1. The van der Waals surface area contributed by atoms with Crippen molar-refractivity contribution in [2.24, 2.45) is 5.92 Å². The van der Waals surface area contributed by atoms with Crippen molar-refractivity contribution in [3.63, 3.8) is 0 Å². The zero-order valence-corrected chi connectivity index (χ0v) is 19.1. The molecule has 1 aliphatic rings. The van der Waals surface area contributed by atoms with Crippen LogP contribution in [0.15, 0.2) is 18.2 Å². The molecule has 2 aromatic rings. The lowest BCUT2D eigenvalue weighted by Gasteiger charge is -2.18. The molecule has 0 spiro atoms. The maximum absolute atomic E-state index is 12.6. The van der Waals surface area contributed by atoms with Gasteiger partial charge in [-0.3, -0.25) is 4.79 Å². The second-order valence-corrected chi connectivity index (χ2v) is 9.15. The summed E-state index contributed by atoms with van der Waals surface area (Å²) in [7, 11) is 0. The van der Waals surface area contributed by atoms with Gasteiger partial charge in [-0.1, -0.05) is 19.1 Å². The van der Waals surface area contributed by atoms with Crippen molar-refractivity contribution in [3.05, 3.63) is 45.3 Å². The molecule has 0 bridgehead atoms. The van der Waals surface area contributed by atoms with Crippen LogP contribution in [0.4, 0.5) is 5.00 Å². The van der Waals surface area contributed by atoms with Gasteiger partial charge in [-0.25, -0.2) is 4.79 Å². The third-order valence-corrected chi connectivity index (χ3v) is 6.56. The summed E-state index contributed by atoms with van der Waals surface area (Å²) in [6.45, 7) is 8.86. The monoisotopic (exact) mass is 429 g/mol. The van der Waals surface area contributed by atoms with Crippen LogP contribution in [0.25, 0.3) is 0 Å². The van der Waals surface area contributed by atoms with Crippen LogP contribution < -0.4 is 10.1 Å². The number of aryl methyl sites for hydroxylation is 2. The highest BCUT2D eigenvalue weighted by Gasteiger charge is 2.29. The molecular weight excluding hydrogens is 398 g/mol. The van der Waals surface area contributed by atoms with Crippen molar-refractivity contribution in [2.75, 3.05) is 18.5 Å². The highest BCUT2D eigenvalue weighted by Crippen LogP contribution is 2.40. The largest absolute Gasteiger partial charge is 0.493 e. The molecule has 0 saturated carbocycles. The van der Waals surface area contributed by atoms with Gasteiger partial charge >= 0.3 is 5.97 Å². The quantitative estimate of drug-likeness (QED) is 0.447. The Hall–Kier alpha value is -2.34. The maximum Gasteiger partial charge on any atom is 0.341 e. The third kappa shape index (κ3) is 5.42. The van der Waals surface area contributed by atoms with E-state index in [2.05, 4.69) is 18.3 Å². The Morgan fingerprint density at radius 2 is 2.07 bits per heavy atom. The predicted molar refractivity (Wildman–Crippen MR) is 121 cm³/mol. The topological polar surface area (TPSA) is 64.6 Å². The first-order valence-electron chi connectivity index (χ1n) is 10.7. The van der Waals surface area contributed by atoms with Gasteiger partial charge in [-0.05, 0) is 75.1 Å². The number of carbonyl (C=O) groups excluding carboxylic acids is 2. The summed E-state index contributed by atoms with van der Waals surface area (Å²) in [6.07, 6.45) is 3.81. The van der Waals surface area contributed by atoms with Gasteiger partial charge in [0.05, 0.1) is 18.8 Å². The number of esters is 1. The first-order chi connectivity index (χ1) is 14.4. The van der Waals surface area contributed by atoms with Crippen molar-refractivity contribution in [1.29, 1.82) is 0 Å². The average molecular weight is 430 g/mol. The van der Waals surface area contributed by atoms with E-state index in [1.165, 1.54) is 16.2 Å². The highest BCUT2D eigenvalue weighted by molar-refractivity contribution is 7.17. The van der Waals surface area contributed by atoms with E-state index in [-0.39, 0.29) is 11.9 Å². The minimum Gasteiger partial charge on any atom is -0.493 e. The van der Waals surface area contributed by atoms with Gasteiger partial charge in [0.1, 0.15) is 10.8 Å². The van der Waals surface area contributed by atoms with Gasteiger partial charge in [0.25, 0.3) is 0 Å². The molecule has 6 heteroatoms. The van der Waals surface area contributed by atoms with Gasteiger partial charge in [-0.15, -0.1) is 11.3 Å². The summed E-state index contributed by atoms with van der Waals surface area (Å²) in [5.41, 5.74) is 3.85. The fourth-order valence-corrected chi connectivity index (χ4v) is 5.14. The number of ether oxygens (including phenoxy) is 2. The summed E-state index contributed by atoms with van der Waals surface area (Å²) in [5, 5.41) is 3.60. The molecule has 1 N–H and O–H groups in total. The van der Waals surface area contributed by atoms with Crippen LogP contribution in [-0.4, -0.2) is 25.1 Å². The minimum absolute atomic E-state index is 0.100. The Balaban J connectivity index is 1.60. The van der Waals surface area contributed by atoms with Crippen molar-refractivity contribution in [2.45, 2.75) is 59.8 Å². The fraction of sp³-hybridized carbons (Fsp3) is 0.500. The smallest absolute Gasteiger partial charge is 0.341 e. The summed E-state index contributed by atoms with van der Waals surface area (Å²) in [4.78, 5) is 26.3. The molecule has 1 aromatic heterocycles. The standard InChI is InChI=1S/C24H31NO4S/c1-5-28-24(27)22-18-11-9-16(3)14-20(18)30-23(22)25-21(26)7-6-12-29-19-13-15(2)8-10-17(19)4/h8,10,13,16H,5-7,9,11-12,14H2,1-4H3,(H,25,26)/t16-/m1/s1. The molecular formula is C24H31NO4S. The Kier molecular flexibility index (Phi) is 7.53. The van der Waals surface area contributed by atoms with E-state index < -0.39 is 0 Å². The Morgan fingerprint density at radius 1 is 1.27 bits per heavy atom. The number of fused-ring (bicyclic) bond motifs is 1. The second-order valence-electron chi connectivity index (χ2n) is 8.05. The van der Waals surface area contributed by atoms with E-state index in [0.717, 1.165) is 41.7 Å². The lowest BCUT2D eigenvalue weighted by Crippen LogP contribution is -2.17. The molecule has 0 unspecified atom stereocenters. The van der Waals surface area contributed by atoms with E-state index in [0.29, 0.717) is 42.5 Å². The average Bonchev–Trinajstić information content (AvgIpc) is 3.04. The summed E-state index contributed by atoms with van der Waals surface area (Å²) >= 11 is 1.52. The summed E-state index contributed by atoms with van der Waals surface area (Å²) < 4.78 is 11.1. The molecule has 1 aromatic carbocycles. The van der Waals surface area contributed by atoms with E-state index in [1.807, 2.05) is 26.0 Å². The molecule has 1 amide bonds. The van der Waals surface area contributed by atoms with Gasteiger partial charge in [0.15, 0.2) is 0 Å². The van der Waals surface area contributed by atoms with Crippen molar-refractivity contribution >= 4 is 28.2 Å². The van der Waals surface area contributed by atoms with E-state index in [1.54, 1.807) is 6.92 Å². The fourth-order valence-electron chi connectivity index (χ4n) is 3.72. The Morgan fingerprint density at radius 3 is 2.83 bits per heavy atom. The zero-order chi connectivity index (χ0) is 21.7. The molecule has 0 radical (unpaired) electrons. The van der Waals surface area contributed by atoms with Gasteiger partial charge in [-0.2, -0.15) is 0 Å². The molecule has 1 aliphatic carbocycles. The SMILES string of the molecule is CCOC(=O)c1c(NC(=O)CCCOc2cc(C)ccc2C)sc2c1CC[C@@H](C)C2. The van der Waals surface area contributed by atoms with Crippen LogP contribution in [0.1, 0.15) is 65.0 Å². The van der Waals surface area contributed by atoms with Crippen LogP contribution >= 0.6 is 11.3 Å². The lowest BCUT2D eigenvalue weighted by molar-refractivity contribution is -0.116. The van der Waals surface area contributed by atoms with E-state index in [9.17, 15) is 9.59 Å². The molecule has 0 fully saturated rings. The number of rotatable bonds is 8. The van der Waals surface area contributed by atoms with Gasteiger partial charge in [0.2, 0.25) is 5.91 Å². The van der Waals surface area contributed by atoms with E-state index >= 15 is 0 Å². The van der Waals surface area contributed by atoms with Gasteiger partial charge in [0, 0.05) is 11.3 Å². The number of carbonyl (C=O) groups is 2. The first kappa shape index (κ1) is 22.3. The van der Waals surface area contributed by atoms with Gasteiger partial charge < -0.3 is 14.8 Å². The number of hydrogen-bond acceptors (Lipinski definition) is 5. The molecule has 0 saturated heterocycles. The van der Waals surface area contributed by atoms with Crippen LogP contribution in [0.5, 0.6) is 5.75 Å². The Labute approximate surface area is 182 Å². The van der Waals surface area contributed by atoms with Crippen LogP contribution in [0.2, 0.25) is 0 Å². The number of thiophene rings is 1. The molecule has 1 heterocycles. The van der Waals surface area contributed by atoms with Crippen molar-refractivity contribution < 1.29 is 19.1 Å². The normalized spacial score (nSPS) is 15.4. The maximum atomic E-state index is 12.6. The molecule has 30 heavy (non-hydrogen) atoms. The zero-order valence-electron chi connectivity index (χ0n) is 18.3. The van der Waals surface area contributed by atoms with Crippen LogP contribution in [0.3, 0.4) is 0 Å².